The molecule has 0 aliphatic carbocycles. The zero-order valence-corrected chi connectivity index (χ0v) is 6.68. The van der Waals surface area contributed by atoms with Crippen LogP contribution in [0.25, 0.3) is 0 Å². The smallest absolute Gasteiger partial charge is 0.0466 e. The summed E-state index contributed by atoms with van der Waals surface area (Å²) in [6.07, 6.45) is 3.68. The van der Waals surface area contributed by atoms with Gasteiger partial charge in [-0.2, -0.15) is 0 Å². The molecule has 0 aliphatic rings. The van der Waals surface area contributed by atoms with Gasteiger partial charge >= 0.3 is 0 Å². The van der Waals surface area contributed by atoms with Crippen LogP contribution in [0.3, 0.4) is 0 Å². The minimum Gasteiger partial charge on any atom is -0.382 e. The van der Waals surface area contributed by atoms with E-state index in [-0.39, 0.29) is 0 Å². The highest BCUT2D eigenvalue weighted by atomic mass is 31.0. The Kier molecular flexibility index (Phi) is 7.75. The van der Waals surface area contributed by atoms with E-state index in [4.69, 9.17) is 4.74 Å². The van der Waals surface area contributed by atoms with Crippen LogP contribution in [-0.4, -0.2) is 19.4 Å². The summed E-state index contributed by atoms with van der Waals surface area (Å²) in [4.78, 5) is 0. The molecule has 0 rings (SSSR count). The maximum Gasteiger partial charge on any atom is 0.0466 e. The lowest BCUT2D eigenvalue weighted by atomic mass is 10.4. The second kappa shape index (κ2) is 7.39. The summed E-state index contributed by atoms with van der Waals surface area (Å²) in [5.74, 6) is 0. The quantitative estimate of drug-likeness (QED) is 0.410. The molecule has 0 saturated heterocycles. The van der Waals surface area contributed by atoms with Crippen LogP contribution in [-0.2, 0) is 4.74 Å². The first-order valence-corrected chi connectivity index (χ1v) is 4.01. The van der Waals surface area contributed by atoms with Gasteiger partial charge in [-0.25, -0.2) is 0 Å². The third-order valence-electron chi connectivity index (χ3n) is 0.947. The van der Waals surface area contributed by atoms with Gasteiger partial charge in [-0.1, -0.05) is 0 Å². The molecule has 50 valence electrons. The lowest BCUT2D eigenvalue weighted by molar-refractivity contribution is 0.144. The third-order valence-corrected chi connectivity index (χ3v) is 1.36. The zero-order chi connectivity index (χ0) is 6.24. The van der Waals surface area contributed by atoms with E-state index in [2.05, 4.69) is 9.24 Å². The second-order valence-electron chi connectivity index (χ2n) is 1.69. The highest BCUT2D eigenvalue weighted by Crippen LogP contribution is 1.93. The van der Waals surface area contributed by atoms with Crippen LogP contribution >= 0.6 is 9.24 Å². The van der Waals surface area contributed by atoms with Gasteiger partial charge in [0.15, 0.2) is 0 Å². The van der Waals surface area contributed by atoms with Crippen LogP contribution in [0, 0.1) is 0 Å². The van der Waals surface area contributed by atoms with Gasteiger partial charge in [0.25, 0.3) is 0 Å². The van der Waals surface area contributed by atoms with E-state index >= 15 is 0 Å². The van der Waals surface area contributed by atoms with Crippen molar-refractivity contribution in [3.05, 3.63) is 0 Å². The zero-order valence-electron chi connectivity index (χ0n) is 5.52. The molecular formula is C6H15OP. The summed E-state index contributed by atoms with van der Waals surface area (Å²) in [6.45, 7) is 3.82. The first kappa shape index (κ1) is 8.39. The second-order valence-corrected chi connectivity index (χ2v) is 2.27. The van der Waals surface area contributed by atoms with Crippen LogP contribution < -0.4 is 0 Å². The van der Waals surface area contributed by atoms with Crippen molar-refractivity contribution in [2.75, 3.05) is 19.4 Å². The van der Waals surface area contributed by atoms with Gasteiger partial charge in [-0.15, -0.1) is 9.24 Å². The van der Waals surface area contributed by atoms with Crippen molar-refractivity contribution in [1.82, 2.24) is 0 Å². The summed E-state index contributed by atoms with van der Waals surface area (Å²) in [6, 6.07) is 0. The lowest BCUT2D eigenvalue weighted by Crippen LogP contribution is -1.92. The number of hydrogen-bond donors (Lipinski definition) is 0. The molecule has 0 spiro atoms. The molecule has 0 aromatic heterocycles. The third kappa shape index (κ3) is 6.39. The average Bonchev–Trinajstić information content (AvgIpc) is 1.81. The van der Waals surface area contributed by atoms with Crippen molar-refractivity contribution in [2.45, 2.75) is 19.8 Å². The van der Waals surface area contributed by atoms with E-state index in [1.54, 1.807) is 0 Å². The van der Waals surface area contributed by atoms with Crippen molar-refractivity contribution in [3.8, 4) is 0 Å². The number of hydrogen-bond acceptors (Lipinski definition) is 1. The van der Waals surface area contributed by atoms with Crippen molar-refractivity contribution in [3.63, 3.8) is 0 Å². The van der Waals surface area contributed by atoms with Gasteiger partial charge in [0.2, 0.25) is 0 Å². The van der Waals surface area contributed by atoms with Gasteiger partial charge in [-0.05, 0) is 25.9 Å². The number of unbranched alkanes of at least 4 members (excludes halogenated alkanes) is 1. The van der Waals surface area contributed by atoms with Gasteiger partial charge < -0.3 is 4.74 Å². The molecule has 1 atom stereocenters. The Labute approximate surface area is 54.0 Å². The fraction of sp³-hybridized carbons (Fsp3) is 1.00. The molecule has 0 aromatic rings. The molecule has 0 radical (unpaired) electrons. The maximum atomic E-state index is 5.13. The summed E-state index contributed by atoms with van der Waals surface area (Å²) >= 11 is 0. The Balaban J connectivity index is 2.53. The molecule has 8 heavy (non-hydrogen) atoms. The van der Waals surface area contributed by atoms with E-state index in [0.717, 1.165) is 13.2 Å². The molecule has 0 aliphatic heterocycles. The van der Waals surface area contributed by atoms with Crippen molar-refractivity contribution < 1.29 is 4.74 Å². The minimum atomic E-state index is 0.858. The molecule has 2 heteroatoms. The van der Waals surface area contributed by atoms with Gasteiger partial charge in [-0.3, -0.25) is 0 Å². The monoisotopic (exact) mass is 134 g/mol. The van der Waals surface area contributed by atoms with Crippen molar-refractivity contribution in [1.29, 1.82) is 0 Å². The standard InChI is InChI=1S/C6H15OP/c1-2-7-5-3-4-6-8/h2-6,8H2,1H3. The molecule has 0 N–H and O–H groups in total. The molecule has 0 heterocycles. The normalized spacial score (nSPS) is 9.75. The Bertz CT molecular complexity index is 33.5. The Morgan fingerprint density at radius 1 is 1.38 bits per heavy atom. The molecular weight excluding hydrogens is 119 g/mol. The number of rotatable bonds is 5. The first-order valence-electron chi connectivity index (χ1n) is 3.19. The molecule has 0 aromatic carbocycles. The van der Waals surface area contributed by atoms with Gasteiger partial charge in [0.1, 0.15) is 0 Å². The molecule has 0 bridgehead atoms. The molecule has 1 nitrogen and oxygen atoms in total. The topological polar surface area (TPSA) is 9.23 Å². The SMILES string of the molecule is CCOCCCCP. The minimum absolute atomic E-state index is 0.858. The average molecular weight is 134 g/mol. The van der Waals surface area contributed by atoms with E-state index in [9.17, 15) is 0 Å². The van der Waals surface area contributed by atoms with Gasteiger partial charge in [0.05, 0.1) is 0 Å². The molecule has 0 amide bonds. The van der Waals surface area contributed by atoms with Crippen molar-refractivity contribution >= 4 is 9.24 Å². The molecule has 0 saturated carbocycles. The van der Waals surface area contributed by atoms with E-state index in [0.29, 0.717) is 0 Å². The Morgan fingerprint density at radius 3 is 2.62 bits per heavy atom. The fourth-order valence-corrected chi connectivity index (χ4v) is 0.781. The van der Waals surface area contributed by atoms with Crippen LogP contribution in [0.4, 0.5) is 0 Å². The summed E-state index contributed by atoms with van der Waals surface area (Å²) in [5, 5.41) is 0. The number of ether oxygens (including phenoxy) is 1. The summed E-state index contributed by atoms with van der Waals surface area (Å²) in [5.41, 5.74) is 0. The van der Waals surface area contributed by atoms with Crippen LogP contribution in [0.2, 0.25) is 0 Å². The van der Waals surface area contributed by atoms with E-state index in [1.807, 2.05) is 6.92 Å². The first-order chi connectivity index (χ1) is 3.91. The lowest BCUT2D eigenvalue weighted by Gasteiger charge is -1.96. The predicted molar refractivity (Wildman–Crippen MR) is 40.3 cm³/mol. The predicted octanol–water partition coefficient (Wildman–Crippen LogP) is 1.68. The largest absolute Gasteiger partial charge is 0.382 e. The summed E-state index contributed by atoms with van der Waals surface area (Å²) < 4.78 is 5.13. The molecule has 1 unspecified atom stereocenters. The Hall–Kier alpha value is 0.390. The fourth-order valence-electron chi connectivity index (χ4n) is 0.493. The maximum absolute atomic E-state index is 5.13. The van der Waals surface area contributed by atoms with E-state index in [1.165, 1.54) is 19.0 Å². The van der Waals surface area contributed by atoms with Crippen LogP contribution in [0.15, 0.2) is 0 Å². The van der Waals surface area contributed by atoms with Crippen LogP contribution in [0.5, 0.6) is 0 Å². The highest BCUT2D eigenvalue weighted by Gasteiger charge is 1.82. The summed E-state index contributed by atoms with van der Waals surface area (Å²) in [7, 11) is 2.71. The van der Waals surface area contributed by atoms with Gasteiger partial charge in [0, 0.05) is 13.2 Å². The van der Waals surface area contributed by atoms with Crippen LogP contribution in [0.1, 0.15) is 19.8 Å². The van der Waals surface area contributed by atoms with Crippen molar-refractivity contribution in [2.24, 2.45) is 0 Å². The Morgan fingerprint density at radius 2 is 2.12 bits per heavy atom. The highest BCUT2D eigenvalue weighted by molar-refractivity contribution is 7.16. The molecule has 0 fully saturated rings. The van der Waals surface area contributed by atoms with E-state index < -0.39 is 0 Å².